The third kappa shape index (κ3) is 4.99. The minimum Gasteiger partial charge on any atom is -0.481 e. The van der Waals surface area contributed by atoms with E-state index in [1.807, 2.05) is 6.07 Å². The Kier molecular flexibility index (Phi) is 6.15. The molecule has 2 N–H and O–H groups in total. The Morgan fingerprint density at radius 3 is 2.60 bits per heavy atom. The summed E-state index contributed by atoms with van der Waals surface area (Å²) in [7, 11) is -3.70. The zero-order valence-electron chi connectivity index (χ0n) is 10.9. The number of carbonyl (C=O) groups is 1. The van der Waals surface area contributed by atoms with E-state index in [0.717, 1.165) is 0 Å². The van der Waals surface area contributed by atoms with Crippen LogP contribution in [0.25, 0.3) is 0 Å². The van der Waals surface area contributed by atoms with Crippen molar-refractivity contribution in [3.05, 3.63) is 29.8 Å². The van der Waals surface area contributed by atoms with Crippen molar-refractivity contribution in [1.82, 2.24) is 4.72 Å². The topological polar surface area (TPSA) is 107 Å². The maximum atomic E-state index is 12.0. The first-order valence-electron chi connectivity index (χ1n) is 6.18. The van der Waals surface area contributed by atoms with E-state index < -0.39 is 16.0 Å². The van der Waals surface area contributed by atoms with Crippen molar-refractivity contribution in [2.24, 2.45) is 0 Å². The summed E-state index contributed by atoms with van der Waals surface area (Å²) < 4.78 is 26.4. The number of nitriles is 1. The van der Waals surface area contributed by atoms with Crippen LogP contribution >= 0.6 is 0 Å². The molecule has 20 heavy (non-hydrogen) atoms. The van der Waals surface area contributed by atoms with E-state index in [-0.39, 0.29) is 23.4 Å². The lowest BCUT2D eigenvalue weighted by atomic mass is 10.2. The highest BCUT2D eigenvalue weighted by Gasteiger charge is 2.17. The minimum absolute atomic E-state index is 0.0342. The molecule has 0 aromatic heterocycles. The second kappa shape index (κ2) is 7.62. The largest absolute Gasteiger partial charge is 0.481 e. The maximum absolute atomic E-state index is 12.0. The predicted octanol–water partition coefficient (Wildman–Crippen LogP) is 1.48. The molecule has 0 amide bonds. The monoisotopic (exact) mass is 296 g/mol. The van der Waals surface area contributed by atoms with Crippen LogP contribution in [0.15, 0.2) is 29.2 Å². The number of rotatable bonds is 8. The summed E-state index contributed by atoms with van der Waals surface area (Å²) in [4.78, 5) is 10.3. The lowest BCUT2D eigenvalue weighted by Gasteiger charge is -2.07. The van der Waals surface area contributed by atoms with Gasteiger partial charge in [-0.1, -0.05) is 18.6 Å². The van der Waals surface area contributed by atoms with Crippen LogP contribution in [0.1, 0.15) is 31.2 Å². The molecule has 0 unspecified atom stereocenters. The lowest BCUT2D eigenvalue weighted by Crippen LogP contribution is -2.25. The Bertz CT molecular complexity index is 605. The third-order valence-electron chi connectivity index (χ3n) is 2.66. The van der Waals surface area contributed by atoms with Crippen LogP contribution in [-0.2, 0) is 14.8 Å². The van der Waals surface area contributed by atoms with Gasteiger partial charge in [0.25, 0.3) is 0 Å². The Balaban J connectivity index is 2.50. The van der Waals surface area contributed by atoms with Crippen LogP contribution in [0, 0.1) is 11.3 Å². The Hall–Kier alpha value is -1.91. The second-order valence-electron chi connectivity index (χ2n) is 4.21. The summed E-state index contributed by atoms with van der Waals surface area (Å²) in [6.45, 7) is 0.224. The summed E-state index contributed by atoms with van der Waals surface area (Å²) in [5.41, 5.74) is 0.103. The first-order valence-corrected chi connectivity index (χ1v) is 7.66. The average Bonchev–Trinajstić information content (AvgIpc) is 2.42. The van der Waals surface area contributed by atoms with Gasteiger partial charge in [0.1, 0.15) is 6.07 Å². The van der Waals surface area contributed by atoms with Gasteiger partial charge in [-0.3, -0.25) is 4.79 Å². The Morgan fingerprint density at radius 1 is 1.25 bits per heavy atom. The number of unbranched alkanes of at least 4 members (excludes halogenated alkanes) is 2. The van der Waals surface area contributed by atoms with Gasteiger partial charge in [0.15, 0.2) is 0 Å². The molecule has 0 aliphatic rings. The molecule has 0 atom stereocenters. The van der Waals surface area contributed by atoms with Crippen molar-refractivity contribution >= 4 is 16.0 Å². The molecule has 108 valence electrons. The molecule has 0 spiro atoms. The standard InChI is InChI=1S/C13H16N2O4S/c14-10-11-6-3-4-7-12(11)20(18,19)15-9-5-1-2-8-13(16)17/h3-4,6-7,15H,1-2,5,8-9H2,(H,16,17). The van der Waals surface area contributed by atoms with Crippen LogP contribution < -0.4 is 4.72 Å². The van der Waals surface area contributed by atoms with Gasteiger partial charge in [0.05, 0.1) is 10.5 Å². The number of carboxylic acids is 1. The van der Waals surface area contributed by atoms with Gasteiger partial charge in [-0.25, -0.2) is 13.1 Å². The molecule has 1 rings (SSSR count). The van der Waals surface area contributed by atoms with E-state index in [1.165, 1.54) is 12.1 Å². The fourth-order valence-corrected chi connectivity index (χ4v) is 2.89. The van der Waals surface area contributed by atoms with Crippen LogP contribution in [0.3, 0.4) is 0 Å². The Morgan fingerprint density at radius 2 is 1.95 bits per heavy atom. The fourth-order valence-electron chi connectivity index (χ4n) is 1.66. The third-order valence-corrected chi connectivity index (χ3v) is 4.18. The molecule has 1 aromatic carbocycles. The summed E-state index contributed by atoms with van der Waals surface area (Å²) in [5, 5.41) is 17.3. The number of sulfonamides is 1. The Labute approximate surface area is 118 Å². The number of nitrogens with zero attached hydrogens (tertiary/aromatic N) is 1. The van der Waals surface area contributed by atoms with Gasteiger partial charge in [-0.2, -0.15) is 5.26 Å². The van der Waals surface area contributed by atoms with Gasteiger partial charge in [-0.05, 0) is 25.0 Å². The zero-order chi connectivity index (χ0) is 15.0. The second-order valence-corrected chi connectivity index (χ2v) is 5.95. The molecule has 0 aliphatic carbocycles. The predicted molar refractivity (Wildman–Crippen MR) is 72.4 cm³/mol. The van der Waals surface area contributed by atoms with Crippen LogP contribution in [-0.4, -0.2) is 26.0 Å². The normalized spacial score (nSPS) is 10.9. The highest BCUT2D eigenvalue weighted by atomic mass is 32.2. The van der Waals surface area contributed by atoms with Crippen LogP contribution in [0.4, 0.5) is 0 Å². The number of benzene rings is 1. The maximum Gasteiger partial charge on any atom is 0.303 e. The average molecular weight is 296 g/mol. The summed E-state index contributed by atoms with van der Waals surface area (Å²) in [5.74, 6) is -0.853. The van der Waals surface area contributed by atoms with Crippen molar-refractivity contribution in [3.8, 4) is 6.07 Å². The van der Waals surface area contributed by atoms with Crippen molar-refractivity contribution in [1.29, 1.82) is 5.26 Å². The van der Waals surface area contributed by atoms with E-state index >= 15 is 0 Å². The van der Waals surface area contributed by atoms with Gasteiger partial charge < -0.3 is 5.11 Å². The van der Waals surface area contributed by atoms with E-state index in [1.54, 1.807) is 12.1 Å². The number of hydrogen-bond donors (Lipinski definition) is 2. The molecule has 0 aliphatic heterocycles. The number of hydrogen-bond acceptors (Lipinski definition) is 4. The molecule has 0 heterocycles. The molecule has 1 aromatic rings. The molecule has 7 heteroatoms. The first kappa shape index (κ1) is 16.1. The van der Waals surface area contributed by atoms with Crippen LogP contribution in [0.5, 0.6) is 0 Å². The summed E-state index contributed by atoms with van der Waals surface area (Å²) in [6.07, 6.45) is 1.80. The highest BCUT2D eigenvalue weighted by molar-refractivity contribution is 7.89. The van der Waals surface area contributed by atoms with E-state index in [0.29, 0.717) is 19.3 Å². The molecule has 0 bridgehead atoms. The molecule has 0 saturated carbocycles. The molecule has 0 fully saturated rings. The van der Waals surface area contributed by atoms with E-state index in [2.05, 4.69) is 4.72 Å². The highest BCUT2D eigenvalue weighted by Crippen LogP contribution is 2.14. The summed E-state index contributed by atoms with van der Waals surface area (Å²) in [6, 6.07) is 7.83. The van der Waals surface area contributed by atoms with Crippen molar-refractivity contribution in [3.63, 3.8) is 0 Å². The van der Waals surface area contributed by atoms with E-state index in [9.17, 15) is 13.2 Å². The number of aliphatic carboxylic acids is 1. The van der Waals surface area contributed by atoms with Crippen molar-refractivity contribution in [2.45, 2.75) is 30.6 Å². The first-order chi connectivity index (χ1) is 9.47. The smallest absolute Gasteiger partial charge is 0.303 e. The van der Waals surface area contributed by atoms with Gasteiger partial charge in [0, 0.05) is 13.0 Å². The molecule has 0 saturated heterocycles. The summed E-state index contributed by atoms with van der Waals surface area (Å²) >= 11 is 0. The molecular formula is C13H16N2O4S. The van der Waals surface area contributed by atoms with Crippen LogP contribution in [0.2, 0.25) is 0 Å². The molecular weight excluding hydrogens is 280 g/mol. The van der Waals surface area contributed by atoms with Gasteiger partial charge in [0.2, 0.25) is 10.0 Å². The van der Waals surface area contributed by atoms with Crippen molar-refractivity contribution in [2.75, 3.05) is 6.54 Å². The lowest BCUT2D eigenvalue weighted by molar-refractivity contribution is -0.137. The zero-order valence-corrected chi connectivity index (χ0v) is 11.7. The van der Waals surface area contributed by atoms with Gasteiger partial charge in [-0.15, -0.1) is 0 Å². The molecule has 0 radical (unpaired) electrons. The van der Waals surface area contributed by atoms with Crippen molar-refractivity contribution < 1.29 is 18.3 Å². The SMILES string of the molecule is N#Cc1ccccc1S(=O)(=O)NCCCCCC(=O)O. The van der Waals surface area contributed by atoms with Gasteiger partial charge >= 0.3 is 5.97 Å². The number of carboxylic acid groups (broad SMARTS) is 1. The fraction of sp³-hybridized carbons (Fsp3) is 0.385. The molecule has 6 nitrogen and oxygen atoms in total. The minimum atomic E-state index is -3.70. The quantitative estimate of drug-likeness (QED) is 0.706. The van der Waals surface area contributed by atoms with E-state index in [4.69, 9.17) is 10.4 Å². The number of nitrogens with one attached hydrogen (secondary N) is 1.